The molecule has 1 aliphatic carbocycles. The molecule has 2 aliphatic rings. The van der Waals surface area contributed by atoms with E-state index in [-0.39, 0.29) is 18.0 Å². The lowest BCUT2D eigenvalue weighted by molar-refractivity contribution is -0.134. The van der Waals surface area contributed by atoms with Gasteiger partial charge in [-0.3, -0.25) is 19.3 Å². The first-order valence-corrected chi connectivity index (χ1v) is 9.12. The first-order chi connectivity index (χ1) is 11.9. The van der Waals surface area contributed by atoms with Gasteiger partial charge in [0.25, 0.3) is 11.8 Å². The Kier molecular flexibility index (Phi) is 4.76. The molecule has 8 nitrogen and oxygen atoms in total. The number of hydrogen-bond donors (Lipinski definition) is 3. The Bertz CT molecular complexity index is 721. The predicted octanol–water partition coefficient (Wildman–Crippen LogP) is 1.43. The van der Waals surface area contributed by atoms with Crippen molar-refractivity contribution in [3.8, 4) is 0 Å². The molecular formula is C16H20N4O4S. The van der Waals surface area contributed by atoms with Gasteiger partial charge in [0, 0.05) is 0 Å². The molecule has 0 bridgehead atoms. The second-order valence-corrected chi connectivity index (χ2v) is 7.31. The number of rotatable bonds is 4. The van der Waals surface area contributed by atoms with Crippen LogP contribution in [0.3, 0.4) is 0 Å². The summed E-state index contributed by atoms with van der Waals surface area (Å²) in [5.41, 5.74) is 4.58. The minimum absolute atomic E-state index is 0.204. The molecule has 1 spiro atoms. The van der Waals surface area contributed by atoms with Crippen molar-refractivity contribution in [2.45, 2.75) is 44.1 Å². The minimum atomic E-state index is -0.866. The molecule has 134 valence electrons. The van der Waals surface area contributed by atoms with E-state index in [4.69, 9.17) is 5.73 Å². The van der Waals surface area contributed by atoms with Crippen LogP contribution in [0.2, 0.25) is 0 Å². The van der Waals surface area contributed by atoms with Gasteiger partial charge in [-0.1, -0.05) is 25.7 Å². The third-order valence-corrected chi connectivity index (χ3v) is 5.52. The van der Waals surface area contributed by atoms with E-state index < -0.39 is 23.4 Å². The summed E-state index contributed by atoms with van der Waals surface area (Å²) in [5, 5.41) is 7.28. The van der Waals surface area contributed by atoms with Gasteiger partial charge in [-0.15, -0.1) is 11.3 Å². The molecule has 1 aromatic rings. The number of nitrogens with two attached hydrogens (primary N) is 1. The van der Waals surface area contributed by atoms with Crippen LogP contribution in [-0.4, -0.2) is 40.7 Å². The van der Waals surface area contributed by atoms with Crippen molar-refractivity contribution in [3.63, 3.8) is 0 Å². The van der Waals surface area contributed by atoms with Gasteiger partial charge >= 0.3 is 6.03 Å². The summed E-state index contributed by atoms with van der Waals surface area (Å²) < 4.78 is 0. The van der Waals surface area contributed by atoms with Gasteiger partial charge < -0.3 is 16.4 Å². The number of anilines is 1. The number of amides is 5. The van der Waals surface area contributed by atoms with E-state index in [0.717, 1.165) is 41.9 Å². The van der Waals surface area contributed by atoms with Gasteiger partial charge in [0.1, 0.15) is 17.1 Å². The van der Waals surface area contributed by atoms with E-state index in [2.05, 4.69) is 10.6 Å². The van der Waals surface area contributed by atoms with Crippen molar-refractivity contribution >= 4 is 40.1 Å². The summed E-state index contributed by atoms with van der Waals surface area (Å²) in [6.45, 7) is -0.386. The molecule has 0 radical (unpaired) electrons. The fourth-order valence-electron chi connectivity index (χ4n) is 3.40. The van der Waals surface area contributed by atoms with Crippen molar-refractivity contribution in [3.05, 3.63) is 17.0 Å². The number of imide groups is 1. The molecule has 5 amide bonds. The minimum Gasteiger partial charge on any atom is -0.366 e. The third kappa shape index (κ3) is 3.37. The summed E-state index contributed by atoms with van der Waals surface area (Å²) in [7, 11) is 0. The van der Waals surface area contributed by atoms with E-state index in [1.54, 1.807) is 5.38 Å². The second kappa shape index (κ2) is 6.83. The molecule has 25 heavy (non-hydrogen) atoms. The van der Waals surface area contributed by atoms with Crippen molar-refractivity contribution in [1.29, 1.82) is 0 Å². The standard InChI is InChI=1S/C16H20N4O4S/c17-12(22)10-5-8-25-13(10)18-11(21)9-20-14(23)16(19-15(20)24)6-3-1-2-4-7-16/h5,8H,1-4,6-7,9H2,(H2,17,22)(H,18,21)(H,19,24). The zero-order chi connectivity index (χ0) is 18.0. The Balaban J connectivity index is 1.68. The van der Waals surface area contributed by atoms with Crippen LogP contribution in [0.1, 0.15) is 48.9 Å². The number of thiophene rings is 1. The number of carbonyl (C=O) groups is 4. The summed E-state index contributed by atoms with van der Waals surface area (Å²) in [6, 6.07) is 0.972. The molecular weight excluding hydrogens is 344 g/mol. The highest BCUT2D eigenvalue weighted by Gasteiger charge is 2.51. The number of hydrogen-bond acceptors (Lipinski definition) is 5. The normalized spacial score (nSPS) is 19.6. The maximum Gasteiger partial charge on any atom is 0.325 e. The lowest BCUT2D eigenvalue weighted by Gasteiger charge is -2.24. The van der Waals surface area contributed by atoms with Crippen molar-refractivity contribution in [1.82, 2.24) is 10.2 Å². The smallest absolute Gasteiger partial charge is 0.325 e. The highest BCUT2D eigenvalue weighted by atomic mass is 32.1. The van der Waals surface area contributed by atoms with E-state index >= 15 is 0 Å². The maximum atomic E-state index is 12.7. The number of nitrogens with zero attached hydrogens (tertiary/aromatic N) is 1. The van der Waals surface area contributed by atoms with Crippen LogP contribution in [0, 0.1) is 0 Å². The van der Waals surface area contributed by atoms with Crippen LogP contribution >= 0.6 is 11.3 Å². The zero-order valence-electron chi connectivity index (χ0n) is 13.7. The fourth-order valence-corrected chi connectivity index (χ4v) is 4.21. The van der Waals surface area contributed by atoms with E-state index in [1.807, 2.05) is 0 Å². The fraction of sp³-hybridized carbons (Fsp3) is 0.500. The Morgan fingerprint density at radius 1 is 1.24 bits per heavy atom. The van der Waals surface area contributed by atoms with E-state index in [1.165, 1.54) is 6.07 Å². The van der Waals surface area contributed by atoms with Gasteiger partial charge in [0.15, 0.2) is 0 Å². The molecule has 2 fully saturated rings. The van der Waals surface area contributed by atoms with Crippen molar-refractivity contribution < 1.29 is 19.2 Å². The highest BCUT2D eigenvalue weighted by molar-refractivity contribution is 7.14. The topological polar surface area (TPSA) is 122 Å². The summed E-state index contributed by atoms with van der Waals surface area (Å²) >= 11 is 1.15. The van der Waals surface area contributed by atoms with Gasteiger partial charge in [-0.2, -0.15) is 0 Å². The SMILES string of the molecule is NC(=O)c1ccsc1NC(=O)CN1C(=O)NC2(CCCCCC2)C1=O. The van der Waals surface area contributed by atoms with Crippen LogP contribution in [0.25, 0.3) is 0 Å². The lowest BCUT2D eigenvalue weighted by atomic mass is 9.90. The highest BCUT2D eigenvalue weighted by Crippen LogP contribution is 2.32. The monoisotopic (exact) mass is 364 g/mol. The van der Waals surface area contributed by atoms with Gasteiger partial charge in [-0.05, 0) is 24.3 Å². The molecule has 0 unspecified atom stereocenters. The maximum absolute atomic E-state index is 12.7. The molecule has 0 atom stereocenters. The number of carbonyl (C=O) groups excluding carboxylic acids is 4. The van der Waals surface area contributed by atoms with Crippen LogP contribution in [0.4, 0.5) is 9.80 Å². The second-order valence-electron chi connectivity index (χ2n) is 6.39. The largest absolute Gasteiger partial charge is 0.366 e. The molecule has 9 heteroatoms. The average Bonchev–Trinajstić information content (AvgIpc) is 2.99. The predicted molar refractivity (Wildman–Crippen MR) is 92.1 cm³/mol. The lowest BCUT2D eigenvalue weighted by Crippen LogP contribution is -2.47. The van der Waals surface area contributed by atoms with Gasteiger partial charge in [0.05, 0.1) is 5.56 Å². The summed E-state index contributed by atoms with van der Waals surface area (Å²) in [5.74, 6) is -1.53. The Labute approximate surface area is 148 Å². The van der Waals surface area contributed by atoms with Crippen molar-refractivity contribution in [2.24, 2.45) is 5.73 Å². The molecule has 1 aromatic heterocycles. The average molecular weight is 364 g/mol. The van der Waals surface area contributed by atoms with Crippen LogP contribution in [0.15, 0.2) is 11.4 Å². The Morgan fingerprint density at radius 3 is 2.56 bits per heavy atom. The Morgan fingerprint density at radius 2 is 1.92 bits per heavy atom. The summed E-state index contributed by atoms with van der Waals surface area (Å²) in [6.07, 6.45) is 5.05. The van der Waals surface area contributed by atoms with Crippen LogP contribution < -0.4 is 16.4 Å². The molecule has 1 saturated heterocycles. The molecule has 1 saturated carbocycles. The van der Waals surface area contributed by atoms with Crippen molar-refractivity contribution in [2.75, 3.05) is 11.9 Å². The number of nitrogens with one attached hydrogen (secondary N) is 2. The van der Waals surface area contributed by atoms with Crippen LogP contribution in [0.5, 0.6) is 0 Å². The van der Waals surface area contributed by atoms with E-state index in [9.17, 15) is 19.2 Å². The molecule has 0 aromatic carbocycles. The molecule has 3 rings (SSSR count). The summed E-state index contributed by atoms with van der Waals surface area (Å²) in [4.78, 5) is 49.5. The van der Waals surface area contributed by atoms with E-state index in [0.29, 0.717) is 17.8 Å². The zero-order valence-corrected chi connectivity index (χ0v) is 14.5. The number of primary amides is 1. The number of urea groups is 1. The first-order valence-electron chi connectivity index (χ1n) is 8.24. The Hall–Kier alpha value is -2.42. The first kappa shape index (κ1) is 17.4. The molecule has 4 N–H and O–H groups in total. The van der Waals surface area contributed by atoms with Gasteiger partial charge in [0.2, 0.25) is 5.91 Å². The third-order valence-electron chi connectivity index (χ3n) is 4.69. The quantitative estimate of drug-likeness (QED) is 0.700. The molecule has 1 aliphatic heterocycles. The van der Waals surface area contributed by atoms with Crippen LogP contribution in [-0.2, 0) is 9.59 Å². The molecule has 2 heterocycles. The van der Waals surface area contributed by atoms with Gasteiger partial charge in [-0.25, -0.2) is 4.79 Å².